The molecule has 0 aliphatic heterocycles. The summed E-state index contributed by atoms with van der Waals surface area (Å²) < 4.78 is 1.14. The summed E-state index contributed by atoms with van der Waals surface area (Å²) in [5.41, 5.74) is 7.27. The highest BCUT2D eigenvalue weighted by Crippen LogP contribution is 2.32. The van der Waals surface area contributed by atoms with Crippen LogP contribution in [0.2, 0.25) is 0 Å². The molecule has 3 nitrogen and oxygen atoms in total. The van der Waals surface area contributed by atoms with Crippen LogP contribution < -0.4 is 10.6 Å². The molecular weight excluding hydrogens is 302 g/mol. The van der Waals surface area contributed by atoms with Crippen molar-refractivity contribution >= 4 is 21.7 Å². The standard InChI is InChI=1S/C15H24BrN3/c1-3-10-19(13-6-4-12(17)5-7-13)15-14(16)11(2)8-9-18-15/h8-9,12-13H,3-7,10,17H2,1-2H3. The fraction of sp³-hybridized carbons (Fsp3) is 0.667. The van der Waals surface area contributed by atoms with Crippen LogP contribution in [0.5, 0.6) is 0 Å². The molecule has 19 heavy (non-hydrogen) atoms. The van der Waals surface area contributed by atoms with Gasteiger partial charge in [0.05, 0.1) is 4.47 Å². The molecule has 1 aliphatic rings. The van der Waals surface area contributed by atoms with E-state index in [9.17, 15) is 0 Å². The average molecular weight is 326 g/mol. The van der Waals surface area contributed by atoms with Gasteiger partial charge < -0.3 is 10.6 Å². The van der Waals surface area contributed by atoms with Crippen molar-refractivity contribution in [3.8, 4) is 0 Å². The fourth-order valence-electron chi connectivity index (χ4n) is 2.84. The maximum Gasteiger partial charge on any atom is 0.143 e. The van der Waals surface area contributed by atoms with E-state index < -0.39 is 0 Å². The third kappa shape index (κ3) is 3.48. The molecular formula is C15H24BrN3. The number of aryl methyl sites for hydroxylation is 1. The molecule has 0 saturated heterocycles. The molecule has 2 rings (SSSR count). The van der Waals surface area contributed by atoms with Crippen LogP contribution in [-0.4, -0.2) is 23.6 Å². The molecule has 0 aromatic carbocycles. The minimum Gasteiger partial charge on any atom is -0.353 e. The zero-order chi connectivity index (χ0) is 13.8. The van der Waals surface area contributed by atoms with Crippen molar-refractivity contribution < 1.29 is 0 Å². The Kier molecular flexibility index (Phi) is 5.22. The lowest BCUT2D eigenvalue weighted by Crippen LogP contribution is -2.42. The van der Waals surface area contributed by atoms with Crippen LogP contribution in [0.1, 0.15) is 44.6 Å². The SMILES string of the molecule is CCCN(c1nccc(C)c1Br)C1CCC(N)CC1. The van der Waals surface area contributed by atoms with E-state index in [-0.39, 0.29) is 0 Å². The van der Waals surface area contributed by atoms with Gasteiger partial charge in [0.15, 0.2) is 0 Å². The molecule has 0 amide bonds. The van der Waals surface area contributed by atoms with Gasteiger partial charge in [0.25, 0.3) is 0 Å². The van der Waals surface area contributed by atoms with Crippen molar-refractivity contribution in [3.63, 3.8) is 0 Å². The summed E-state index contributed by atoms with van der Waals surface area (Å²) in [7, 11) is 0. The summed E-state index contributed by atoms with van der Waals surface area (Å²) in [6.45, 7) is 5.41. The lowest BCUT2D eigenvalue weighted by Gasteiger charge is -2.37. The molecule has 1 saturated carbocycles. The smallest absolute Gasteiger partial charge is 0.143 e. The number of nitrogens with zero attached hydrogens (tertiary/aromatic N) is 2. The second-order valence-electron chi connectivity index (χ2n) is 5.53. The third-order valence-electron chi connectivity index (χ3n) is 3.98. The third-order valence-corrected chi connectivity index (χ3v) is 4.96. The Morgan fingerprint density at radius 1 is 1.37 bits per heavy atom. The largest absolute Gasteiger partial charge is 0.353 e. The van der Waals surface area contributed by atoms with E-state index in [4.69, 9.17) is 5.73 Å². The van der Waals surface area contributed by atoms with Gasteiger partial charge in [0, 0.05) is 24.8 Å². The quantitative estimate of drug-likeness (QED) is 0.918. The molecule has 1 heterocycles. The van der Waals surface area contributed by atoms with Gasteiger partial charge in [-0.2, -0.15) is 0 Å². The summed E-state index contributed by atoms with van der Waals surface area (Å²) in [6, 6.07) is 3.04. The highest BCUT2D eigenvalue weighted by molar-refractivity contribution is 9.10. The Labute approximate surface area is 124 Å². The van der Waals surface area contributed by atoms with Crippen molar-refractivity contribution in [2.24, 2.45) is 5.73 Å². The molecule has 2 N–H and O–H groups in total. The highest BCUT2D eigenvalue weighted by Gasteiger charge is 2.26. The Bertz CT molecular complexity index is 414. The molecule has 1 aromatic rings. The van der Waals surface area contributed by atoms with Gasteiger partial charge in [-0.15, -0.1) is 0 Å². The summed E-state index contributed by atoms with van der Waals surface area (Å²) in [5.74, 6) is 1.10. The topological polar surface area (TPSA) is 42.2 Å². The molecule has 1 fully saturated rings. The lowest BCUT2D eigenvalue weighted by molar-refractivity contribution is 0.373. The summed E-state index contributed by atoms with van der Waals surface area (Å²) >= 11 is 3.70. The van der Waals surface area contributed by atoms with Gasteiger partial charge >= 0.3 is 0 Å². The predicted octanol–water partition coefficient (Wildman–Crippen LogP) is 3.64. The van der Waals surface area contributed by atoms with Crippen LogP contribution in [0.3, 0.4) is 0 Å². The highest BCUT2D eigenvalue weighted by atomic mass is 79.9. The van der Waals surface area contributed by atoms with E-state index in [1.807, 2.05) is 6.20 Å². The number of halogens is 1. The van der Waals surface area contributed by atoms with Gasteiger partial charge in [0.2, 0.25) is 0 Å². The first kappa shape index (κ1) is 14.8. The Balaban J connectivity index is 2.22. The molecule has 0 atom stereocenters. The van der Waals surface area contributed by atoms with Crippen LogP contribution in [-0.2, 0) is 0 Å². The normalized spacial score (nSPS) is 23.4. The van der Waals surface area contributed by atoms with Crippen molar-refractivity contribution in [3.05, 3.63) is 22.3 Å². The van der Waals surface area contributed by atoms with Crippen LogP contribution in [0.15, 0.2) is 16.7 Å². The first-order chi connectivity index (χ1) is 9.13. The van der Waals surface area contributed by atoms with Crippen molar-refractivity contribution in [2.45, 2.75) is 58.0 Å². The van der Waals surface area contributed by atoms with Crippen LogP contribution >= 0.6 is 15.9 Å². The zero-order valence-corrected chi connectivity index (χ0v) is 13.5. The Hall–Kier alpha value is -0.610. The number of nitrogens with two attached hydrogens (primary N) is 1. The van der Waals surface area contributed by atoms with E-state index >= 15 is 0 Å². The van der Waals surface area contributed by atoms with E-state index in [1.54, 1.807) is 0 Å². The molecule has 4 heteroatoms. The van der Waals surface area contributed by atoms with Gasteiger partial charge in [-0.3, -0.25) is 0 Å². The molecule has 0 unspecified atom stereocenters. The van der Waals surface area contributed by atoms with Crippen LogP contribution in [0.25, 0.3) is 0 Å². The minimum atomic E-state index is 0.397. The Morgan fingerprint density at radius 2 is 2.05 bits per heavy atom. The van der Waals surface area contributed by atoms with E-state index in [2.05, 4.69) is 45.7 Å². The van der Waals surface area contributed by atoms with Gasteiger partial charge in [-0.1, -0.05) is 6.92 Å². The number of aromatic nitrogens is 1. The number of pyridine rings is 1. The first-order valence-electron chi connectivity index (χ1n) is 7.26. The van der Waals surface area contributed by atoms with E-state index in [0.29, 0.717) is 12.1 Å². The Morgan fingerprint density at radius 3 is 2.68 bits per heavy atom. The fourth-order valence-corrected chi connectivity index (χ4v) is 3.30. The zero-order valence-electron chi connectivity index (χ0n) is 11.9. The number of hydrogen-bond acceptors (Lipinski definition) is 3. The van der Waals surface area contributed by atoms with Crippen LogP contribution in [0.4, 0.5) is 5.82 Å². The maximum atomic E-state index is 6.02. The second kappa shape index (κ2) is 6.71. The van der Waals surface area contributed by atoms with Crippen molar-refractivity contribution in [1.29, 1.82) is 0 Å². The number of rotatable bonds is 4. The van der Waals surface area contributed by atoms with Crippen molar-refractivity contribution in [2.75, 3.05) is 11.4 Å². The maximum absolute atomic E-state index is 6.02. The molecule has 0 spiro atoms. The van der Waals surface area contributed by atoms with Gasteiger partial charge in [-0.25, -0.2) is 4.98 Å². The number of anilines is 1. The van der Waals surface area contributed by atoms with E-state index in [0.717, 1.165) is 36.1 Å². The lowest BCUT2D eigenvalue weighted by atomic mass is 9.90. The molecule has 106 valence electrons. The predicted molar refractivity (Wildman–Crippen MR) is 84.5 cm³/mol. The second-order valence-corrected chi connectivity index (χ2v) is 6.32. The summed E-state index contributed by atoms with van der Waals surface area (Å²) in [5, 5.41) is 0. The van der Waals surface area contributed by atoms with Crippen molar-refractivity contribution in [1.82, 2.24) is 4.98 Å². The molecule has 0 bridgehead atoms. The first-order valence-corrected chi connectivity index (χ1v) is 8.06. The summed E-state index contributed by atoms with van der Waals surface area (Å²) in [6.07, 6.45) is 7.69. The molecule has 1 aliphatic carbocycles. The number of hydrogen-bond donors (Lipinski definition) is 1. The molecule has 0 radical (unpaired) electrons. The van der Waals surface area contributed by atoms with E-state index in [1.165, 1.54) is 18.4 Å². The summed E-state index contributed by atoms with van der Waals surface area (Å²) in [4.78, 5) is 7.08. The average Bonchev–Trinajstić information content (AvgIpc) is 2.41. The van der Waals surface area contributed by atoms with Gasteiger partial charge in [0.1, 0.15) is 5.82 Å². The van der Waals surface area contributed by atoms with Crippen LogP contribution in [0, 0.1) is 6.92 Å². The minimum absolute atomic E-state index is 0.397. The molecule has 1 aromatic heterocycles. The van der Waals surface area contributed by atoms with Gasteiger partial charge in [-0.05, 0) is 66.6 Å². The monoisotopic (exact) mass is 325 g/mol.